The number of rotatable bonds is 5. The zero-order valence-corrected chi connectivity index (χ0v) is 13.6. The Morgan fingerprint density at radius 3 is 2.54 bits per heavy atom. The Hall–Kier alpha value is -2.67. The summed E-state index contributed by atoms with van der Waals surface area (Å²) in [5.74, 6) is -0.136. The second kappa shape index (κ2) is 7.27. The summed E-state index contributed by atoms with van der Waals surface area (Å²) in [6.45, 7) is 2.01. The highest BCUT2D eigenvalue weighted by molar-refractivity contribution is 8.00. The van der Waals surface area contributed by atoms with Gasteiger partial charge in [-0.1, -0.05) is 22.8 Å². The molecular weight excluding hydrogens is 329 g/mol. The monoisotopic (exact) mass is 343 g/mol. The molecule has 0 aliphatic carbocycles. The van der Waals surface area contributed by atoms with Gasteiger partial charge in [0.05, 0.1) is 5.75 Å². The molecular formula is C17H14FN3O2S. The van der Waals surface area contributed by atoms with Gasteiger partial charge in [-0.25, -0.2) is 4.39 Å². The SMILES string of the molecule is Cc1ccc(SCC(=O)Nc2nnc(-c3ccc(F)cc3)o2)cc1. The van der Waals surface area contributed by atoms with Crippen molar-refractivity contribution < 1.29 is 13.6 Å². The molecule has 0 saturated heterocycles. The molecule has 0 saturated carbocycles. The van der Waals surface area contributed by atoms with Crippen molar-refractivity contribution in [1.29, 1.82) is 0 Å². The van der Waals surface area contributed by atoms with E-state index in [4.69, 9.17) is 4.42 Å². The fraction of sp³-hybridized carbons (Fsp3) is 0.118. The van der Waals surface area contributed by atoms with Gasteiger partial charge in [0.15, 0.2) is 0 Å². The molecule has 0 bridgehead atoms. The van der Waals surface area contributed by atoms with Crippen molar-refractivity contribution in [2.45, 2.75) is 11.8 Å². The average Bonchev–Trinajstić information content (AvgIpc) is 3.03. The maximum atomic E-state index is 12.9. The van der Waals surface area contributed by atoms with E-state index in [2.05, 4.69) is 15.5 Å². The van der Waals surface area contributed by atoms with E-state index in [0.717, 1.165) is 4.90 Å². The van der Waals surface area contributed by atoms with Crippen molar-refractivity contribution in [1.82, 2.24) is 10.2 Å². The maximum Gasteiger partial charge on any atom is 0.322 e. The fourth-order valence-electron chi connectivity index (χ4n) is 1.92. The van der Waals surface area contributed by atoms with Gasteiger partial charge in [0.2, 0.25) is 11.8 Å². The van der Waals surface area contributed by atoms with Crippen LogP contribution in [-0.2, 0) is 4.79 Å². The van der Waals surface area contributed by atoms with Gasteiger partial charge >= 0.3 is 6.01 Å². The van der Waals surface area contributed by atoms with Gasteiger partial charge in [0.25, 0.3) is 0 Å². The van der Waals surface area contributed by atoms with Crippen molar-refractivity contribution in [3.63, 3.8) is 0 Å². The van der Waals surface area contributed by atoms with Crippen LogP contribution in [0.15, 0.2) is 57.8 Å². The van der Waals surface area contributed by atoms with Crippen LogP contribution in [-0.4, -0.2) is 21.9 Å². The number of aromatic nitrogens is 2. The maximum absolute atomic E-state index is 12.9. The number of carbonyl (C=O) groups excluding carboxylic acids is 1. The minimum atomic E-state index is -0.347. The van der Waals surface area contributed by atoms with E-state index in [0.29, 0.717) is 5.56 Å². The van der Waals surface area contributed by atoms with E-state index in [1.807, 2.05) is 31.2 Å². The number of hydrogen-bond donors (Lipinski definition) is 1. The van der Waals surface area contributed by atoms with Crippen LogP contribution in [0.25, 0.3) is 11.5 Å². The summed E-state index contributed by atoms with van der Waals surface area (Å²) in [6.07, 6.45) is 0. The summed E-state index contributed by atoms with van der Waals surface area (Å²) >= 11 is 1.42. The molecule has 0 aliphatic heterocycles. The smallest absolute Gasteiger partial charge is 0.322 e. The molecule has 3 rings (SSSR count). The van der Waals surface area contributed by atoms with Gasteiger partial charge in [-0.2, -0.15) is 0 Å². The molecule has 24 heavy (non-hydrogen) atoms. The molecule has 1 aromatic heterocycles. The third-order valence-electron chi connectivity index (χ3n) is 3.15. The second-order valence-corrected chi connectivity index (χ2v) is 6.12. The molecule has 0 atom stereocenters. The molecule has 122 valence electrons. The quantitative estimate of drug-likeness (QED) is 0.711. The third-order valence-corrected chi connectivity index (χ3v) is 4.17. The molecule has 5 nitrogen and oxygen atoms in total. The number of nitrogens with one attached hydrogen (secondary N) is 1. The summed E-state index contributed by atoms with van der Waals surface area (Å²) in [4.78, 5) is 12.9. The Morgan fingerprint density at radius 2 is 1.83 bits per heavy atom. The Morgan fingerprint density at radius 1 is 1.12 bits per heavy atom. The topological polar surface area (TPSA) is 68.0 Å². The van der Waals surface area contributed by atoms with Crippen LogP contribution in [0.2, 0.25) is 0 Å². The lowest BCUT2D eigenvalue weighted by molar-refractivity contribution is -0.113. The standard InChI is InChI=1S/C17H14FN3O2S/c1-11-2-8-14(9-3-11)24-10-15(22)19-17-21-20-16(23-17)12-4-6-13(18)7-5-12/h2-9H,10H2,1H3,(H,19,21,22). The van der Waals surface area contributed by atoms with E-state index in [9.17, 15) is 9.18 Å². The van der Waals surface area contributed by atoms with Gasteiger partial charge in [0.1, 0.15) is 5.82 Å². The normalized spacial score (nSPS) is 10.6. The molecule has 3 aromatic rings. The predicted molar refractivity (Wildman–Crippen MR) is 90.2 cm³/mol. The van der Waals surface area contributed by atoms with Gasteiger partial charge in [0, 0.05) is 10.5 Å². The number of anilines is 1. The number of amides is 1. The van der Waals surface area contributed by atoms with Crippen LogP contribution < -0.4 is 5.32 Å². The Bertz CT molecular complexity index is 832. The van der Waals surface area contributed by atoms with Gasteiger partial charge < -0.3 is 4.42 Å². The van der Waals surface area contributed by atoms with Crippen molar-refractivity contribution in [3.05, 3.63) is 59.9 Å². The lowest BCUT2D eigenvalue weighted by Crippen LogP contribution is -2.14. The Labute approximate surface area is 142 Å². The fourth-order valence-corrected chi connectivity index (χ4v) is 2.62. The summed E-state index contributed by atoms with van der Waals surface area (Å²) in [5, 5.41) is 10.2. The molecule has 7 heteroatoms. The first-order chi connectivity index (χ1) is 11.6. The second-order valence-electron chi connectivity index (χ2n) is 5.07. The largest absolute Gasteiger partial charge is 0.403 e. The minimum absolute atomic E-state index is 0.0174. The lowest BCUT2D eigenvalue weighted by atomic mass is 10.2. The number of nitrogens with zero attached hydrogens (tertiary/aromatic N) is 2. The van der Waals surface area contributed by atoms with Crippen LogP contribution >= 0.6 is 11.8 Å². The zero-order valence-electron chi connectivity index (χ0n) is 12.8. The summed E-state index contributed by atoms with van der Waals surface area (Å²) in [6, 6.07) is 13.6. The van der Waals surface area contributed by atoms with Crippen LogP contribution in [0.3, 0.4) is 0 Å². The minimum Gasteiger partial charge on any atom is -0.403 e. The van der Waals surface area contributed by atoms with Gasteiger partial charge in [-0.3, -0.25) is 10.1 Å². The Balaban J connectivity index is 1.57. The number of carbonyl (C=O) groups is 1. The predicted octanol–water partition coefficient (Wildman–Crippen LogP) is 3.91. The molecule has 0 radical (unpaired) electrons. The van der Waals surface area contributed by atoms with Gasteiger partial charge in [-0.15, -0.1) is 16.9 Å². The molecule has 0 aliphatic rings. The molecule has 1 heterocycles. The molecule has 1 amide bonds. The zero-order chi connectivity index (χ0) is 16.9. The van der Waals surface area contributed by atoms with Crippen LogP contribution in [0.4, 0.5) is 10.4 Å². The van der Waals surface area contributed by atoms with E-state index in [1.165, 1.54) is 41.6 Å². The highest BCUT2D eigenvalue weighted by Gasteiger charge is 2.11. The number of thioether (sulfide) groups is 1. The Kier molecular flexibility index (Phi) is 4.90. The van der Waals surface area contributed by atoms with Crippen molar-refractivity contribution in [2.75, 3.05) is 11.1 Å². The highest BCUT2D eigenvalue weighted by Crippen LogP contribution is 2.21. The van der Waals surface area contributed by atoms with Crippen LogP contribution in [0.5, 0.6) is 0 Å². The van der Waals surface area contributed by atoms with Crippen LogP contribution in [0.1, 0.15) is 5.56 Å². The van der Waals surface area contributed by atoms with Crippen LogP contribution in [0, 0.1) is 12.7 Å². The molecule has 1 N–H and O–H groups in total. The summed E-state index contributed by atoms with van der Waals surface area (Å²) in [5.41, 5.74) is 1.75. The van der Waals surface area contributed by atoms with E-state index < -0.39 is 0 Å². The number of benzene rings is 2. The van der Waals surface area contributed by atoms with Gasteiger partial charge in [-0.05, 0) is 43.3 Å². The molecule has 0 spiro atoms. The number of aryl methyl sites for hydroxylation is 1. The van der Waals surface area contributed by atoms with E-state index in [-0.39, 0.29) is 29.4 Å². The molecule has 2 aromatic carbocycles. The van der Waals surface area contributed by atoms with E-state index >= 15 is 0 Å². The van der Waals surface area contributed by atoms with Crippen molar-refractivity contribution in [3.8, 4) is 11.5 Å². The van der Waals surface area contributed by atoms with Crippen molar-refractivity contribution >= 4 is 23.7 Å². The summed E-state index contributed by atoms with van der Waals surface area (Å²) in [7, 11) is 0. The first kappa shape index (κ1) is 16.2. The first-order valence-corrected chi connectivity index (χ1v) is 8.17. The van der Waals surface area contributed by atoms with Crippen molar-refractivity contribution in [2.24, 2.45) is 0 Å². The third kappa shape index (κ3) is 4.20. The summed E-state index contributed by atoms with van der Waals surface area (Å²) < 4.78 is 18.3. The average molecular weight is 343 g/mol. The van der Waals surface area contributed by atoms with E-state index in [1.54, 1.807) is 0 Å². The number of hydrogen-bond acceptors (Lipinski definition) is 5. The highest BCUT2D eigenvalue weighted by atomic mass is 32.2. The first-order valence-electron chi connectivity index (χ1n) is 7.19. The molecule has 0 fully saturated rings. The lowest BCUT2D eigenvalue weighted by Gasteiger charge is -2.02. The number of halogens is 1. The molecule has 0 unspecified atom stereocenters.